The molecule has 1 aliphatic heterocycles. The van der Waals surface area contributed by atoms with E-state index in [2.05, 4.69) is 4.98 Å². The van der Waals surface area contributed by atoms with Crippen molar-refractivity contribution in [1.82, 2.24) is 9.88 Å². The molecule has 0 spiro atoms. The van der Waals surface area contributed by atoms with Gasteiger partial charge in [-0.25, -0.2) is 4.98 Å². The third kappa shape index (κ3) is 2.87. The van der Waals surface area contributed by atoms with E-state index in [9.17, 15) is 4.79 Å². The molecule has 1 atom stereocenters. The second-order valence-corrected chi connectivity index (χ2v) is 5.76. The van der Waals surface area contributed by atoms with Crippen molar-refractivity contribution in [3.05, 3.63) is 41.0 Å². The lowest BCUT2D eigenvalue weighted by Crippen LogP contribution is -2.29. The molecule has 0 saturated carbocycles. The van der Waals surface area contributed by atoms with E-state index >= 15 is 0 Å². The van der Waals surface area contributed by atoms with Gasteiger partial charge in [-0.2, -0.15) is 0 Å². The molecule has 4 nitrogen and oxygen atoms in total. The summed E-state index contributed by atoms with van der Waals surface area (Å²) in [6, 6.07) is 9.25. The number of likely N-dealkylation sites (tertiary alicyclic amines) is 1. The fourth-order valence-corrected chi connectivity index (χ4v) is 3.08. The summed E-state index contributed by atoms with van der Waals surface area (Å²) in [6.07, 6.45) is 0.982. The molecular weight excluding hydrogens is 288 g/mol. The average molecular weight is 305 g/mol. The number of hydrogen-bond acceptors (Lipinski definition) is 3. The van der Waals surface area contributed by atoms with E-state index in [0.29, 0.717) is 23.2 Å². The number of hydrogen-bond donors (Lipinski definition) is 0. The monoisotopic (exact) mass is 304 g/mol. The Labute approximate surface area is 128 Å². The van der Waals surface area contributed by atoms with E-state index in [1.807, 2.05) is 29.2 Å². The summed E-state index contributed by atoms with van der Waals surface area (Å²) in [5, 5.41) is 1.20. The number of para-hydroxylation sites is 1. The van der Waals surface area contributed by atoms with Gasteiger partial charge in [0, 0.05) is 31.5 Å². The first kappa shape index (κ1) is 14.3. The molecule has 110 valence electrons. The molecule has 0 N–H and O–H groups in total. The maximum Gasteiger partial charge on any atom is 0.254 e. The van der Waals surface area contributed by atoms with Crippen molar-refractivity contribution in [2.75, 3.05) is 26.8 Å². The number of carbonyl (C=O) groups excluding carboxylic acids is 1. The first-order chi connectivity index (χ1) is 10.2. The first-order valence-electron chi connectivity index (χ1n) is 7.02. The fraction of sp³-hybridized carbons (Fsp3) is 0.375. The van der Waals surface area contributed by atoms with Crippen molar-refractivity contribution in [3.63, 3.8) is 0 Å². The van der Waals surface area contributed by atoms with Gasteiger partial charge in [0.05, 0.1) is 17.7 Å². The lowest BCUT2D eigenvalue weighted by atomic mass is 10.1. The lowest BCUT2D eigenvalue weighted by Gasteiger charge is -2.17. The number of ether oxygens (including phenoxy) is 1. The molecule has 1 saturated heterocycles. The molecule has 1 fully saturated rings. The van der Waals surface area contributed by atoms with Gasteiger partial charge in [0.2, 0.25) is 0 Å². The van der Waals surface area contributed by atoms with Gasteiger partial charge in [-0.1, -0.05) is 29.8 Å². The van der Waals surface area contributed by atoms with Gasteiger partial charge < -0.3 is 9.64 Å². The van der Waals surface area contributed by atoms with Crippen LogP contribution in [-0.4, -0.2) is 42.6 Å². The normalized spacial score (nSPS) is 18.4. The average Bonchev–Trinajstić information content (AvgIpc) is 2.94. The van der Waals surface area contributed by atoms with Gasteiger partial charge in [-0.15, -0.1) is 0 Å². The molecule has 1 aromatic heterocycles. The number of amides is 1. The van der Waals surface area contributed by atoms with Crippen LogP contribution >= 0.6 is 11.6 Å². The molecule has 1 unspecified atom stereocenters. The van der Waals surface area contributed by atoms with Crippen LogP contribution < -0.4 is 0 Å². The Morgan fingerprint density at radius 1 is 1.48 bits per heavy atom. The summed E-state index contributed by atoms with van der Waals surface area (Å²) in [6.45, 7) is 2.20. The van der Waals surface area contributed by atoms with Gasteiger partial charge in [0.1, 0.15) is 5.15 Å². The quantitative estimate of drug-likeness (QED) is 0.819. The highest BCUT2D eigenvalue weighted by atomic mass is 35.5. The number of aromatic nitrogens is 1. The second kappa shape index (κ2) is 6.00. The summed E-state index contributed by atoms with van der Waals surface area (Å²) in [5.41, 5.74) is 1.38. The zero-order valence-corrected chi connectivity index (χ0v) is 12.6. The van der Waals surface area contributed by atoms with Crippen molar-refractivity contribution in [2.45, 2.75) is 6.42 Å². The van der Waals surface area contributed by atoms with Crippen LogP contribution in [0.3, 0.4) is 0 Å². The molecule has 1 aromatic carbocycles. The van der Waals surface area contributed by atoms with Crippen LogP contribution in [0.1, 0.15) is 16.8 Å². The summed E-state index contributed by atoms with van der Waals surface area (Å²) in [4.78, 5) is 18.9. The molecule has 2 aromatic rings. The molecule has 21 heavy (non-hydrogen) atoms. The molecule has 0 bridgehead atoms. The number of methoxy groups -OCH3 is 1. The lowest BCUT2D eigenvalue weighted by molar-refractivity contribution is 0.0777. The summed E-state index contributed by atoms with van der Waals surface area (Å²) < 4.78 is 5.18. The molecule has 1 amide bonds. The Morgan fingerprint density at radius 3 is 3.10 bits per heavy atom. The molecular formula is C16H17ClN2O2. The van der Waals surface area contributed by atoms with E-state index in [1.165, 1.54) is 0 Å². The summed E-state index contributed by atoms with van der Waals surface area (Å²) in [7, 11) is 1.70. The van der Waals surface area contributed by atoms with Crippen molar-refractivity contribution >= 4 is 28.4 Å². The minimum absolute atomic E-state index is 0.0223. The second-order valence-electron chi connectivity index (χ2n) is 5.37. The summed E-state index contributed by atoms with van der Waals surface area (Å²) >= 11 is 6.05. The Balaban J connectivity index is 1.92. The zero-order valence-electron chi connectivity index (χ0n) is 11.9. The number of halogens is 1. The van der Waals surface area contributed by atoms with E-state index < -0.39 is 0 Å². The molecule has 2 heterocycles. The van der Waals surface area contributed by atoms with Gasteiger partial charge in [-0.05, 0) is 18.6 Å². The topological polar surface area (TPSA) is 42.4 Å². The predicted molar refractivity (Wildman–Crippen MR) is 82.6 cm³/mol. The van der Waals surface area contributed by atoms with Gasteiger partial charge in [0.15, 0.2) is 0 Å². The maximum absolute atomic E-state index is 12.8. The van der Waals surface area contributed by atoms with Crippen molar-refractivity contribution < 1.29 is 9.53 Å². The van der Waals surface area contributed by atoms with Gasteiger partial charge in [-0.3, -0.25) is 4.79 Å². The SMILES string of the molecule is COCC1CCN(C(=O)c2cc(Cl)nc3ccccc23)C1. The van der Waals surface area contributed by atoms with E-state index in [-0.39, 0.29) is 5.91 Å². The summed E-state index contributed by atoms with van der Waals surface area (Å²) in [5.74, 6) is 0.441. The van der Waals surface area contributed by atoms with Gasteiger partial charge >= 0.3 is 0 Å². The predicted octanol–water partition coefficient (Wildman–Crippen LogP) is 3.00. The van der Waals surface area contributed by atoms with E-state index in [0.717, 1.165) is 30.4 Å². The molecule has 1 aliphatic rings. The highest BCUT2D eigenvalue weighted by molar-refractivity contribution is 6.30. The van der Waals surface area contributed by atoms with Crippen LogP contribution in [0.4, 0.5) is 0 Å². The van der Waals surface area contributed by atoms with E-state index in [4.69, 9.17) is 16.3 Å². The fourth-order valence-electron chi connectivity index (χ4n) is 2.88. The number of benzene rings is 1. The van der Waals surface area contributed by atoms with Crippen LogP contribution in [0.2, 0.25) is 5.15 Å². The maximum atomic E-state index is 12.8. The number of rotatable bonds is 3. The number of carbonyl (C=O) groups is 1. The third-order valence-corrected chi connectivity index (χ3v) is 4.08. The van der Waals surface area contributed by atoms with Crippen LogP contribution in [-0.2, 0) is 4.74 Å². The number of fused-ring (bicyclic) bond motifs is 1. The van der Waals surface area contributed by atoms with Crippen molar-refractivity contribution in [3.8, 4) is 0 Å². The molecule has 0 radical (unpaired) electrons. The van der Waals surface area contributed by atoms with Crippen LogP contribution in [0.5, 0.6) is 0 Å². The highest BCUT2D eigenvalue weighted by Gasteiger charge is 2.28. The minimum Gasteiger partial charge on any atom is -0.384 e. The number of pyridine rings is 1. The Morgan fingerprint density at radius 2 is 2.29 bits per heavy atom. The van der Waals surface area contributed by atoms with Crippen molar-refractivity contribution in [2.24, 2.45) is 5.92 Å². The smallest absolute Gasteiger partial charge is 0.254 e. The third-order valence-electron chi connectivity index (χ3n) is 3.89. The van der Waals surface area contributed by atoms with Gasteiger partial charge in [0.25, 0.3) is 5.91 Å². The Hall–Kier alpha value is -1.65. The first-order valence-corrected chi connectivity index (χ1v) is 7.40. The molecule has 5 heteroatoms. The Kier molecular flexibility index (Phi) is 4.08. The minimum atomic E-state index is 0.0223. The van der Waals surface area contributed by atoms with Crippen LogP contribution in [0, 0.1) is 5.92 Å². The zero-order chi connectivity index (χ0) is 14.8. The highest BCUT2D eigenvalue weighted by Crippen LogP contribution is 2.25. The Bertz CT molecular complexity index is 674. The van der Waals surface area contributed by atoms with E-state index in [1.54, 1.807) is 13.2 Å². The number of nitrogens with zero attached hydrogens (tertiary/aromatic N) is 2. The molecule has 0 aliphatic carbocycles. The van der Waals surface area contributed by atoms with Crippen LogP contribution in [0.15, 0.2) is 30.3 Å². The largest absolute Gasteiger partial charge is 0.384 e. The van der Waals surface area contributed by atoms with Crippen LogP contribution in [0.25, 0.3) is 10.9 Å². The molecule has 3 rings (SSSR count). The van der Waals surface area contributed by atoms with Crippen molar-refractivity contribution in [1.29, 1.82) is 0 Å². The standard InChI is InChI=1S/C16H17ClN2O2/c1-21-10-11-6-7-19(9-11)16(20)13-8-15(17)18-14-5-3-2-4-12(13)14/h2-5,8,11H,6-7,9-10H2,1H3.